The Hall–Kier alpha value is -1.62. The summed E-state index contributed by atoms with van der Waals surface area (Å²) in [5.74, 6) is -0.927. The molecule has 1 aromatic heterocycles. The molecule has 118 valence electrons. The molecule has 0 fully saturated rings. The first-order valence-electron chi connectivity index (χ1n) is 7.43. The van der Waals surface area contributed by atoms with Gasteiger partial charge in [-0.05, 0) is 32.8 Å². The highest BCUT2D eigenvalue weighted by molar-refractivity contribution is 5.95. The van der Waals surface area contributed by atoms with E-state index < -0.39 is 5.97 Å². The van der Waals surface area contributed by atoms with E-state index in [0.717, 1.165) is 24.2 Å². The normalized spacial score (nSPS) is 11.0. The molecular weight excluding hydrogens is 268 g/mol. The zero-order chi connectivity index (χ0) is 16.0. The average molecular weight is 294 g/mol. The molecule has 0 spiro atoms. The Kier molecular flexibility index (Phi) is 6.62. The van der Waals surface area contributed by atoms with Crippen LogP contribution in [0.1, 0.15) is 48.4 Å². The van der Waals surface area contributed by atoms with Gasteiger partial charge in [0, 0.05) is 25.4 Å². The first-order chi connectivity index (χ1) is 9.96. The van der Waals surface area contributed by atoms with Gasteiger partial charge in [-0.3, -0.25) is 4.98 Å². The second-order valence-electron chi connectivity index (χ2n) is 5.20. The van der Waals surface area contributed by atoms with Gasteiger partial charge in [0.15, 0.2) is 0 Å². The van der Waals surface area contributed by atoms with Crippen molar-refractivity contribution in [3.8, 4) is 0 Å². The highest BCUT2D eigenvalue weighted by atomic mass is 16.5. The number of hydrogen-bond donors (Lipinski definition) is 1. The minimum atomic E-state index is -0.927. The summed E-state index contributed by atoms with van der Waals surface area (Å²) in [6, 6.07) is 2.16. The largest absolute Gasteiger partial charge is 0.478 e. The van der Waals surface area contributed by atoms with E-state index in [2.05, 4.69) is 23.7 Å². The third-order valence-electron chi connectivity index (χ3n) is 3.75. The lowest BCUT2D eigenvalue weighted by Gasteiger charge is -2.34. The monoisotopic (exact) mass is 294 g/mol. The second kappa shape index (κ2) is 7.98. The first kappa shape index (κ1) is 17.4. The predicted molar refractivity (Wildman–Crippen MR) is 84.3 cm³/mol. The van der Waals surface area contributed by atoms with Crippen molar-refractivity contribution in [1.82, 2.24) is 4.98 Å². The average Bonchev–Trinajstić information content (AvgIpc) is 2.42. The number of aromatic carboxylic acids is 1. The van der Waals surface area contributed by atoms with Crippen molar-refractivity contribution in [3.05, 3.63) is 23.0 Å². The number of carboxylic acid groups (broad SMARTS) is 1. The molecule has 1 rings (SSSR count). The van der Waals surface area contributed by atoms with E-state index in [0.29, 0.717) is 30.5 Å². The van der Waals surface area contributed by atoms with Crippen molar-refractivity contribution >= 4 is 11.7 Å². The van der Waals surface area contributed by atoms with Gasteiger partial charge < -0.3 is 14.7 Å². The zero-order valence-electron chi connectivity index (χ0n) is 13.6. The number of nitrogens with zero attached hydrogens (tertiary/aromatic N) is 2. The Bertz CT molecular complexity index is 485. The molecular formula is C16H26N2O3. The number of carboxylic acids is 1. The van der Waals surface area contributed by atoms with E-state index in [-0.39, 0.29) is 0 Å². The fourth-order valence-electron chi connectivity index (χ4n) is 2.72. The predicted octanol–water partition coefficient (Wildman–Crippen LogP) is 3.04. The van der Waals surface area contributed by atoms with Crippen molar-refractivity contribution in [1.29, 1.82) is 0 Å². The molecule has 0 amide bonds. The maximum atomic E-state index is 11.6. The molecule has 0 aliphatic carbocycles. The lowest BCUT2D eigenvalue weighted by atomic mass is 10.0. The van der Waals surface area contributed by atoms with Crippen LogP contribution in [-0.2, 0) is 4.74 Å². The SMILES string of the molecule is CCC(CC)N(CCOC)c1cc(C)nc(C)c1C(=O)O. The molecule has 0 saturated heterocycles. The van der Waals surface area contributed by atoms with Crippen molar-refractivity contribution in [2.45, 2.75) is 46.6 Å². The molecule has 0 unspecified atom stereocenters. The van der Waals surface area contributed by atoms with Crippen LogP contribution in [0.25, 0.3) is 0 Å². The third-order valence-corrected chi connectivity index (χ3v) is 3.75. The van der Waals surface area contributed by atoms with Gasteiger partial charge >= 0.3 is 5.97 Å². The van der Waals surface area contributed by atoms with Crippen LogP contribution < -0.4 is 4.90 Å². The number of aromatic nitrogens is 1. The zero-order valence-corrected chi connectivity index (χ0v) is 13.6. The van der Waals surface area contributed by atoms with Crippen LogP contribution in [0.4, 0.5) is 5.69 Å². The van der Waals surface area contributed by atoms with Crippen molar-refractivity contribution in [2.24, 2.45) is 0 Å². The van der Waals surface area contributed by atoms with Crippen LogP contribution in [0, 0.1) is 13.8 Å². The fourth-order valence-corrected chi connectivity index (χ4v) is 2.72. The summed E-state index contributed by atoms with van der Waals surface area (Å²) < 4.78 is 5.19. The first-order valence-corrected chi connectivity index (χ1v) is 7.43. The number of pyridine rings is 1. The van der Waals surface area contributed by atoms with Gasteiger partial charge in [-0.1, -0.05) is 13.8 Å². The van der Waals surface area contributed by atoms with E-state index in [1.165, 1.54) is 0 Å². The van der Waals surface area contributed by atoms with Gasteiger partial charge in [0.25, 0.3) is 0 Å². The quantitative estimate of drug-likeness (QED) is 0.798. The Labute approximate surface area is 126 Å². The lowest BCUT2D eigenvalue weighted by molar-refractivity contribution is 0.0696. The van der Waals surface area contributed by atoms with Crippen LogP contribution >= 0.6 is 0 Å². The third kappa shape index (κ3) is 4.17. The number of aryl methyl sites for hydroxylation is 2. The molecule has 0 aromatic carbocycles. The topological polar surface area (TPSA) is 62.7 Å². The van der Waals surface area contributed by atoms with Crippen LogP contribution in [0.5, 0.6) is 0 Å². The molecule has 0 saturated carbocycles. The van der Waals surface area contributed by atoms with Crippen LogP contribution in [0.15, 0.2) is 6.07 Å². The number of carbonyl (C=O) groups is 1. The Morgan fingerprint density at radius 3 is 2.48 bits per heavy atom. The van der Waals surface area contributed by atoms with Crippen LogP contribution in [0.2, 0.25) is 0 Å². The standard InChI is InChI=1S/C16H26N2O3/c1-6-13(7-2)18(8-9-21-5)14-10-11(3)17-12(4)15(14)16(19)20/h10,13H,6-9H2,1-5H3,(H,19,20). The molecule has 0 aliphatic rings. The smallest absolute Gasteiger partial charge is 0.339 e. The highest BCUT2D eigenvalue weighted by Crippen LogP contribution is 2.27. The van der Waals surface area contributed by atoms with Gasteiger partial charge in [0.05, 0.1) is 18.0 Å². The van der Waals surface area contributed by atoms with Gasteiger partial charge in [-0.25, -0.2) is 4.79 Å². The minimum Gasteiger partial charge on any atom is -0.478 e. The molecule has 1 aromatic rings. The summed E-state index contributed by atoms with van der Waals surface area (Å²) >= 11 is 0. The van der Waals surface area contributed by atoms with Crippen molar-refractivity contribution in [2.75, 3.05) is 25.2 Å². The Morgan fingerprint density at radius 1 is 1.38 bits per heavy atom. The molecule has 5 nitrogen and oxygen atoms in total. The molecule has 0 radical (unpaired) electrons. The van der Waals surface area contributed by atoms with E-state index in [1.54, 1.807) is 14.0 Å². The number of ether oxygens (including phenoxy) is 1. The van der Waals surface area contributed by atoms with Crippen LogP contribution in [0.3, 0.4) is 0 Å². The molecule has 21 heavy (non-hydrogen) atoms. The lowest BCUT2D eigenvalue weighted by Crippen LogP contribution is -2.38. The summed E-state index contributed by atoms with van der Waals surface area (Å²) in [5, 5.41) is 9.54. The fraction of sp³-hybridized carbons (Fsp3) is 0.625. The minimum absolute atomic E-state index is 0.291. The number of hydrogen-bond acceptors (Lipinski definition) is 4. The van der Waals surface area contributed by atoms with E-state index >= 15 is 0 Å². The molecule has 0 bridgehead atoms. The van der Waals surface area contributed by atoms with E-state index in [4.69, 9.17) is 4.74 Å². The summed E-state index contributed by atoms with van der Waals surface area (Å²) in [7, 11) is 1.66. The summed E-state index contributed by atoms with van der Waals surface area (Å²) in [4.78, 5) is 18.1. The number of rotatable bonds is 8. The maximum Gasteiger partial charge on any atom is 0.339 e. The van der Waals surface area contributed by atoms with Crippen molar-refractivity contribution in [3.63, 3.8) is 0 Å². The van der Waals surface area contributed by atoms with Gasteiger partial charge in [0.2, 0.25) is 0 Å². The summed E-state index contributed by atoms with van der Waals surface area (Å²) in [5.41, 5.74) is 2.44. The number of anilines is 1. The molecule has 1 N–H and O–H groups in total. The molecule has 1 heterocycles. The highest BCUT2D eigenvalue weighted by Gasteiger charge is 2.23. The number of methoxy groups -OCH3 is 1. The second-order valence-corrected chi connectivity index (χ2v) is 5.20. The molecule has 0 atom stereocenters. The Balaban J connectivity index is 3.37. The van der Waals surface area contributed by atoms with E-state index in [9.17, 15) is 9.90 Å². The van der Waals surface area contributed by atoms with Gasteiger partial charge in [-0.2, -0.15) is 0 Å². The van der Waals surface area contributed by atoms with Gasteiger partial charge in [-0.15, -0.1) is 0 Å². The van der Waals surface area contributed by atoms with Gasteiger partial charge in [0.1, 0.15) is 5.56 Å². The summed E-state index contributed by atoms with van der Waals surface area (Å²) in [6.07, 6.45) is 1.92. The molecule has 0 aliphatic heterocycles. The Morgan fingerprint density at radius 2 is 2.00 bits per heavy atom. The maximum absolute atomic E-state index is 11.6. The molecule has 5 heteroatoms. The summed E-state index contributed by atoms with van der Waals surface area (Å²) in [6.45, 7) is 9.12. The van der Waals surface area contributed by atoms with Crippen molar-refractivity contribution < 1.29 is 14.6 Å². The van der Waals surface area contributed by atoms with E-state index in [1.807, 2.05) is 13.0 Å². The van der Waals surface area contributed by atoms with Crippen LogP contribution in [-0.4, -0.2) is 42.4 Å².